The number of rotatable bonds is 5. The van der Waals surface area contributed by atoms with Crippen molar-refractivity contribution >= 4 is 50.7 Å². The van der Waals surface area contributed by atoms with Crippen LogP contribution in [0, 0.1) is 21.8 Å². The van der Waals surface area contributed by atoms with E-state index in [4.69, 9.17) is 0 Å². The average molecular weight is 471 g/mol. The maximum atomic E-state index is 12.6. The Kier molecular flexibility index (Phi) is 6.18. The Hall–Kier alpha value is -1.93. The maximum Gasteiger partial charge on any atom is 0.275 e. The normalized spacial score (nSPS) is 10.4. The second-order valence-electron chi connectivity index (χ2n) is 5.27. The Morgan fingerprint density at radius 1 is 1.44 bits per heavy atom. The first-order chi connectivity index (χ1) is 11.8. The van der Waals surface area contributed by atoms with Crippen LogP contribution in [0.5, 0.6) is 0 Å². The highest BCUT2D eigenvalue weighted by molar-refractivity contribution is 14.1. The molecule has 2 aromatic rings. The van der Waals surface area contributed by atoms with Crippen LogP contribution in [0.3, 0.4) is 0 Å². The predicted molar refractivity (Wildman–Crippen MR) is 105 cm³/mol. The molecule has 25 heavy (non-hydrogen) atoms. The molecule has 0 saturated carbocycles. The van der Waals surface area contributed by atoms with Crippen LogP contribution in [0.2, 0.25) is 0 Å². The topological polar surface area (TPSA) is 91.0 Å². The van der Waals surface area contributed by atoms with Crippen LogP contribution >= 0.6 is 33.9 Å². The number of halogens is 1. The van der Waals surface area contributed by atoms with Crippen LogP contribution < -0.4 is 5.32 Å². The number of aryl methyl sites for hydroxylation is 1. The van der Waals surface area contributed by atoms with Gasteiger partial charge in [0.1, 0.15) is 16.8 Å². The van der Waals surface area contributed by atoms with E-state index in [-0.39, 0.29) is 11.8 Å². The zero-order chi connectivity index (χ0) is 18.7. The molecule has 0 spiro atoms. The van der Waals surface area contributed by atoms with Gasteiger partial charge in [-0.3, -0.25) is 14.3 Å². The van der Waals surface area contributed by atoms with Crippen LogP contribution in [-0.2, 0) is 7.05 Å². The molecule has 0 unspecified atom stereocenters. The zero-order valence-electron chi connectivity index (χ0n) is 14.4. The van der Waals surface area contributed by atoms with Crippen molar-refractivity contribution in [2.45, 2.75) is 20.8 Å². The highest BCUT2D eigenvalue weighted by Gasteiger charge is 2.25. The lowest BCUT2D eigenvalue weighted by atomic mass is 10.1. The van der Waals surface area contributed by atoms with Gasteiger partial charge in [0, 0.05) is 20.1 Å². The molecule has 2 rings (SSSR count). The fourth-order valence-corrected chi connectivity index (χ4v) is 4.26. The van der Waals surface area contributed by atoms with Gasteiger partial charge in [-0.2, -0.15) is 10.4 Å². The lowest BCUT2D eigenvalue weighted by molar-refractivity contribution is 0.0777. The summed E-state index contributed by atoms with van der Waals surface area (Å²) in [6.07, 6.45) is 1.59. The van der Waals surface area contributed by atoms with Crippen molar-refractivity contribution in [3.63, 3.8) is 0 Å². The first-order valence-corrected chi connectivity index (χ1v) is 9.56. The Balaban J connectivity index is 2.40. The van der Waals surface area contributed by atoms with Crippen LogP contribution in [-0.4, -0.2) is 39.6 Å². The van der Waals surface area contributed by atoms with E-state index in [0.29, 0.717) is 43.4 Å². The molecule has 2 heterocycles. The van der Waals surface area contributed by atoms with Gasteiger partial charge >= 0.3 is 0 Å². The second-order valence-corrected chi connectivity index (χ2v) is 7.45. The zero-order valence-corrected chi connectivity index (χ0v) is 17.4. The SMILES string of the molecule is CCN(CC)C(=O)c1sc(NC(=O)c2c(I)cnn2C)c(C#N)c1C. The molecule has 0 saturated heterocycles. The van der Waals surface area contributed by atoms with Gasteiger partial charge in [-0.05, 0) is 48.9 Å². The first kappa shape index (κ1) is 19.4. The minimum Gasteiger partial charge on any atom is -0.338 e. The van der Waals surface area contributed by atoms with Crippen LogP contribution in [0.25, 0.3) is 0 Å². The number of hydrogen-bond acceptors (Lipinski definition) is 5. The van der Waals surface area contributed by atoms with E-state index in [9.17, 15) is 14.9 Å². The van der Waals surface area contributed by atoms with Gasteiger partial charge in [-0.25, -0.2) is 0 Å². The smallest absolute Gasteiger partial charge is 0.275 e. The number of amides is 2. The number of carbonyl (C=O) groups is 2. The third kappa shape index (κ3) is 3.69. The molecule has 132 valence electrons. The van der Waals surface area contributed by atoms with E-state index in [0.717, 1.165) is 11.3 Å². The van der Waals surface area contributed by atoms with Gasteiger partial charge in [0.2, 0.25) is 0 Å². The molecular weight excluding hydrogens is 453 g/mol. The second kappa shape index (κ2) is 7.97. The molecule has 2 amide bonds. The number of thiophene rings is 1. The van der Waals surface area contributed by atoms with Gasteiger partial charge in [-0.15, -0.1) is 11.3 Å². The summed E-state index contributed by atoms with van der Waals surface area (Å²) in [4.78, 5) is 27.3. The van der Waals surface area contributed by atoms with Crippen molar-refractivity contribution in [3.8, 4) is 6.07 Å². The number of nitriles is 1. The van der Waals surface area contributed by atoms with Crippen molar-refractivity contribution in [2.24, 2.45) is 7.05 Å². The van der Waals surface area contributed by atoms with Crippen LogP contribution in [0.4, 0.5) is 5.00 Å². The molecule has 0 bridgehead atoms. The highest BCUT2D eigenvalue weighted by Crippen LogP contribution is 2.33. The summed E-state index contributed by atoms with van der Waals surface area (Å²) in [5, 5.41) is 16.6. The average Bonchev–Trinajstić information content (AvgIpc) is 3.07. The molecule has 0 radical (unpaired) electrons. The fourth-order valence-electron chi connectivity index (χ4n) is 2.42. The summed E-state index contributed by atoms with van der Waals surface area (Å²) in [6.45, 7) is 6.72. The highest BCUT2D eigenvalue weighted by atomic mass is 127. The van der Waals surface area contributed by atoms with E-state index < -0.39 is 0 Å². The third-order valence-electron chi connectivity index (χ3n) is 3.84. The molecule has 1 N–H and O–H groups in total. The van der Waals surface area contributed by atoms with E-state index in [2.05, 4.69) is 16.5 Å². The molecule has 9 heteroatoms. The predicted octanol–water partition coefficient (Wildman–Crippen LogP) is 3.00. The van der Waals surface area contributed by atoms with Crippen molar-refractivity contribution in [1.82, 2.24) is 14.7 Å². The van der Waals surface area contributed by atoms with Gasteiger partial charge < -0.3 is 10.2 Å². The van der Waals surface area contributed by atoms with Gasteiger partial charge in [0.25, 0.3) is 11.8 Å². The number of nitrogens with zero attached hydrogens (tertiary/aromatic N) is 4. The minimum absolute atomic E-state index is 0.125. The summed E-state index contributed by atoms with van der Waals surface area (Å²) < 4.78 is 2.19. The quantitative estimate of drug-likeness (QED) is 0.679. The van der Waals surface area contributed by atoms with Gasteiger partial charge in [0.05, 0.1) is 20.2 Å². The number of aromatic nitrogens is 2. The number of anilines is 1. The summed E-state index contributed by atoms with van der Waals surface area (Å²) >= 11 is 3.17. The Morgan fingerprint density at radius 2 is 2.08 bits per heavy atom. The molecule has 0 aliphatic heterocycles. The number of carbonyl (C=O) groups excluding carboxylic acids is 2. The van der Waals surface area contributed by atoms with Crippen LogP contribution in [0.15, 0.2) is 6.20 Å². The Labute approximate surface area is 163 Å². The Morgan fingerprint density at radius 3 is 2.56 bits per heavy atom. The molecule has 0 aliphatic rings. The summed E-state index contributed by atoms with van der Waals surface area (Å²) in [7, 11) is 1.68. The Bertz CT molecular complexity index is 841. The molecule has 7 nitrogen and oxygen atoms in total. The molecular formula is C16H18IN5O2S. The monoisotopic (exact) mass is 471 g/mol. The largest absolute Gasteiger partial charge is 0.338 e. The molecule has 0 atom stereocenters. The lowest BCUT2D eigenvalue weighted by Crippen LogP contribution is -2.30. The van der Waals surface area contributed by atoms with Crippen molar-refractivity contribution in [2.75, 3.05) is 18.4 Å². The summed E-state index contributed by atoms with van der Waals surface area (Å²) in [5.41, 5.74) is 1.33. The lowest BCUT2D eigenvalue weighted by Gasteiger charge is -2.17. The van der Waals surface area contributed by atoms with Gasteiger partial charge in [-0.1, -0.05) is 0 Å². The molecule has 0 aliphatic carbocycles. The molecule has 0 aromatic carbocycles. The van der Waals surface area contributed by atoms with Gasteiger partial charge in [0.15, 0.2) is 0 Å². The minimum atomic E-state index is -0.357. The van der Waals surface area contributed by atoms with E-state index >= 15 is 0 Å². The van der Waals surface area contributed by atoms with Crippen molar-refractivity contribution in [1.29, 1.82) is 5.26 Å². The third-order valence-corrected chi connectivity index (χ3v) is 5.82. The number of nitrogens with one attached hydrogen (secondary N) is 1. The van der Waals surface area contributed by atoms with E-state index in [1.807, 2.05) is 36.4 Å². The standard InChI is InChI=1S/C16H18IN5O2S/c1-5-22(6-2)16(24)13-9(3)10(7-18)15(25-13)20-14(23)12-11(17)8-19-21(12)4/h8H,5-6H2,1-4H3,(H,20,23). The molecule has 0 fully saturated rings. The maximum absolute atomic E-state index is 12.6. The summed E-state index contributed by atoms with van der Waals surface area (Å²) in [6, 6.07) is 2.09. The van der Waals surface area contributed by atoms with Crippen molar-refractivity contribution in [3.05, 3.63) is 31.5 Å². The molecule has 2 aromatic heterocycles. The fraction of sp³-hybridized carbons (Fsp3) is 0.375. The van der Waals surface area contributed by atoms with E-state index in [1.165, 1.54) is 4.68 Å². The van der Waals surface area contributed by atoms with Crippen molar-refractivity contribution < 1.29 is 9.59 Å². The number of hydrogen-bond donors (Lipinski definition) is 1. The van der Waals surface area contributed by atoms with Crippen LogP contribution in [0.1, 0.15) is 45.1 Å². The van der Waals surface area contributed by atoms with E-state index in [1.54, 1.807) is 25.1 Å². The summed E-state index contributed by atoms with van der Waals surface area (Å²) in [5.74, 6) is -0.483. The first-order valence-electron chi connectivity index (χ1n) is 7.67.